The lowest BCUT2D eigenvalue weighted by Crippen LogP contribution is -1.93. The molecule has 0 saturated heterocycles. The van der Waals surface area contributed by atoms with Crippen LogP contribution in [0.1, 0.15) is 0 Å². The zero-order chi connectivity index (χ0) is 37.0. The van der Waals surface area contributed by atoms with Gasteiger partial charge >= 0.3 is 0 Å². The molecule has 2 heteroatoms. The van der Waals surface area contributed by atoms with E-state index in [1.54, 1.807) is 0 Å². The van der Waals surface area contributed by atoms with E-state index in [0.717, 1.165) is 11.4 Å². The number of nitrogens with zero attached hydrogens (tertiary/aromatic N) is 2. The van der Waals surface area contributed by atoms with Crippen LogP contribution in [-0.2, 0) is 0 Å². The zero-order valence-corrected chi connectivity index (χ0v) is 30.7. The summed E-state index contributed by atoms with van der Waals surface area (Å²) in [6.07, 6.45) is 0. The van der Waals surface area contributed by atoms with Crippen molar-refractivity contribution in [2.45, 2.75) is 0 Å². The van der Waals surface area contributed by atoms with Crippen molar-refractivity contribution in [3.8, 4) is 55.9 Å². The zero-order valence-electron chi connectivity index (χ0n) is 30.7. The van der Waals surface area contributed by atoms with E-state index in [-0.39, 0.29) is 0 Å². The molecule has 0 aliphatic rings. The van der Waals surface area contributed by atoms with E-state index in [0.29, 0.717) is 0 Å². The lowest BCUT2D eigenvalue weighted by Gasteiger charge is -2.10. The van der Waals surface area contributed by atoms with E-state index < -0.39 is 0 Å². The second-order valence-electron chi connectivity index (χ2n) is 14.6. The number of para-hydroxylation sites is 2. The molecule has 0 unspecified atom stereocenters. The minimum absolute atomic E-state index is 1.16. The molecule has 0 amide bonds. The topological polar surface area (TPSA) is 9.86 Å². The molecule has 11 aromatic rings. The molecule has 2 aromatic heterocycles. The Morgan fingerprint density at radius 2 is 0.482 bits per heavy atom. The van der Waals surface area contributed by atoms with E-state index in [9.17, 15) is 0 Å². The van der Waals surface area contributed by atoms with Crippen LogP contribution in [0.5, 0.6) is 0 Å². The molecule has 0 aliphatic heterocycles. The molecule has 0 atom stereocenters. The van der Waals surface area contributed by atoms with Crippen molar-refractivity contribution in [3.63, 3.8) is 0 Å². The van der Waals surface area contributed by atoms with Gasteiger partial charge in [0.15, 0.2) is 0 Å². The molecule has 0 aliphatic carbocycles. The van der Waals surface area contributed by atoms with E-state index in [1.807, 2.05) is 0 Å². The smallest absolute Gasteiger partial charge is 0.0541 e. The summed E-state index contributed by atoms with van der Waals surface area (Å²) in [5.41, 5.74) is 16.9. The molecular weight excluding hydrogens is 677 g/mol. The maximum absolute atomic E-state index is 2.39. The highest BCUT2D eigenvalue weighted by atomic mass is 15.0. The Morgan fingerprint density at radius 3 is 0.893 bits per heavy atom. The van der Waals surface area contributed by atoms with Crippen LogP contribution in [0.2, 0.25) is 0 Å². The fourth-order valence-electron chi connectivity index (χ4n) is 8.58. The van der Waals surface area contributed by atoms with Crippen molar-refractivity contribution in [1.82, 2.24) is 9.13 Å². The summed E-state index contributed by atoms with van der Waals surface area (Å²) in [5, 5.41) is 5.03. The molecular formula is C54H36N2. The standard InChI is InChI=1S/C54H36N2/c1-3-11-37(12-4-1)39-23-29-45(30-24-39)55-51-17-9-7-15-47(51)49-35-43(27-33-53(49)55)41-19-21-42(22-20-41)44-28-34-54-50(36-44)48-16-8-10-18-52(48)56(54)46-31-25-40(26-32-46)38-13-5-2-6-14-38/h1-36H. The predicted molar refractivity (Wildman–Crippen MR) is 237 cm³/mol. The van der Waals surface area contributed by atoms with Crippen molar-refractivity contribution >= 4 is 43.6 Å². The summed E-state index contributed by atoms with van der Waals surface area (Å²) >= 11 is 0. The van der Waals surface area contributed by atoms with Gasteiger partial charge in [-0.15, -0.1) is 0 Å². The molecule has 0 fully saturated rings. The van der Waals surface area contributed by atoms with Gasteiger partial charge in [-0.2, -0.15) is 0 Å². The van der Waals surface area contributed by atoms with Crippen LogP contribution >= 0.6 is 0 Å². The molecule has 0 spiro atoms. The molecule has 2 heterocycles. The van der Waals surface area contributed by atoms with Crippen molar-refractivity contribution in [2.24, 2.45) is 0 Å². The molecule has 0 bridgehead atoms. The quantitative estimate of drug-likeness (QED) is 0.162. The molecule has 9 aromatic carbocycles. The minimum Gasteiger partial charge on any atom is -0.309 e. The molecule has 0 N–H and O–H groups in total. The van der Waals surface area contributed by atoms with Gasteiger partial charge in [0.2, 0.25) is 0 Å². The largest absolute Gasteiger partial charge is 0.309 e. The number of aromatic nitrogens is 2. The number of hydrogen-bond donors (Lipinski definition) is 0. The van der Waals surface area contributed by atoms with Crippen LogP contribution in [0.15, 0.2) is 218 Å². The Bertz CT molecular complexity index is 2970. The molecule has 56 heavy (non-hydrogen) atoms. The van der Waals surface area contributed by atoms with Crippen LogP contribution in [0.3, 0.4) is 0 Å². The first-order valence-electron chi connectivity index (χ1n) is 19.3. The van der Waals surface area contributed by atoms with Crippen molar-refractivity contribution in [1.29, 1.82) is 0 Å². The maximum atomic E-state index is 2.39. The van der Waals surface area contributed by atoms with Gasteiger partial charge in [-0.25, -0.2) is 0 Å². The highest BCUT2D eigenvalue weighted by Crippen LogP contribution is 2.38. The molecule has 2 nitrogen and oxygen atoms in total. The third kappa shape index (κ3) is 5.34. The first-order valence-corrected chi connectivity index (χ1v) is 19.3. The first-order chi connectivity index (χ1) is 27.8. The predicted octanol–water partition coefficient (Wildman–Crippen LogP) is 14.5. The van der Waals surface area contributed by atoms with Gasteiger partial charge < -0.3 is 9.13 Å². The highest BCUT2D eigenvalue weighted by molar-refractivity contribution is 6.11. The van der Waals surface area contributed by atoms with Gasteiger partial charge in [-0.05, 0) is 105 Å². The Morgan fingerprint density at radius 1 is 0.196 bits per heavy atom. The average Bonchev–Trinajstić information content (AvgIpc) is 3.79. The summed E-state index contributed by atoms with van der Waals surface area (Å²) < 4.78 is 4.78. The summed E-state index contributed by atoms with van der Waals surface area (Å²) in [6, 6.07) is 79.3. The SMILES string of the molecule is c1ccc(-c2ccc(-n3c4ccccc4c4cc(-c5ccc(-c6ccc7c(c6)c6ccccc6n7-c6ccc(-c7ccccc7)cc6)cc5)ccc43)cc2)cc1. The van der Waals surface area contributed by atoms with Crippen molar-refractivity contribution in [2.75, 3.05) is 0 Å². The maximum Gasteiger partial charge on any atom is 0.0541 e. The van der Waals surface area contributed by atoms with Crippen LogP contribution in [0.25, 0.3) is 99.5 Å². The first kappa shape index (κ1) is 32.0. The third-order valence-corrected chi connectivity index (χ3v) is 11.4. The summed E-state index contributed by atoms with van der Waals surface area (Å²) in [5.74, 6) is 0. The fourth-order valence-corrected chi connectivity index (χ4v) is 8.58. The summed E-state index contributed by atoms with van der Waals surface area (Å²) in [6.45, 7) is 0. The molecule has 11 rings (SSSR count). The number of benzene rings is 9. The van der Waals surface area contributed by atoms with Gasteiger partial charge in [0, 0.05) is 32.9 Å². The van der Waals surface area contributed by atoms with E-state index in [1.165, 1.54) is 88.1 Å². The average molecular weight is 713 g/mol. The van der Waals surface area contributed by atoms with Gasteiger partial charge in [0.1, 0.15) is 0 Å². The van der Waals surface area contributed by atoms with Gasteiger partial charge in [-0.1, -0.05) is 158 Å². The van der Waals surface area contributed by atoms with Gasteiger partial charge in [-0.3, -0.25) is 0 Å². The van der Waals surface area contributed by atoms with Crippen LogP contribution in [0.4, 0.5) is 0 Å². The van der Waals surface area contributed by atoms with Gasteiger partial charge in [0.25, 0.3) is 0 Å². The second kappa shape index (κ2) is 13.2. The van der Waals surface area contributed by atoms with Crippen molar-refractivity contribution < 1.29 is 0 Å². The summed E-state index contributed by atoms with van der Waals surface area (Å²) in [4.78, 5) is 0. The third-order valence-electron chi connectivity index (χ3n) is 11.4. The highest BCUT2D eigenvalue weighted by Gasteiger charge is 2.16. The number of hydrogen-bond acceptors (Lipinski definition) is 0. The Hall–Kier alpha value is -7.42. The fraction of sp³-hybridized carbons (Fsp3) is 0. The summed E-state index contributed by atoms with van der Waals surface area (Å²) in [7, 11) is 0. The second-order valence-corrected chi connectivity index (χ2v) is 14.6. The van der Waals surface area contributed by atoms with Crippen LogP contribution in [-0.4, -0.2) is 9.13 Å². The van der Waals surface area contributed by atoms with Crippen LogP contribution in [0, 0.1) is 0 Å². The molecule has 262 valence electrons. The minimum atomic E-state index is 1.16. The normalized spacial score (nSPS) is 11.6. The van der Waals surface area contributed by atoms with E-state index >= 15 is 0 Å². The van der Waals surface area contributed by atoms with E-state index in [2.05, 4.69) is 228 Å². The van der Waals surface area contributed by atoms with Gasteiger partial charge in [0.05, 0.1) is 22.1 Å². The Labute approximate surface area is 325 Å². The lowest BCUT2D eigenvalue weighted by atomic mass is 9.98. The molecule has 0 radical (unpaired) electrons. The van der Waals surface area contributed by atoms with Crippen molar-refractivity contribution in [3.05, 3.63) is 218 Å². The van der Waals surface area contributed by atoms with Crippen LogP contribution < -0.4 is 0 Å². The monoisotopic (exact) mass is 712 g/mol. The Balaban J connectivity index is 0.933. The van der Waals surface area contributed by atoms with E-state index in [4.69, 9.17) is 0 Å². The Kier molecular flexibility index (Phi) is 7.53. The number of rotatable bonds is 6. The lowest BCUT2D eigenvalue weighted by molar-refractivity contribution is 1.18. The number of fused-ring (bicyclic) bond motifs is 6. The molecule has 0 saturated carbocycles.